The third-order valence-corrected chi connectivity index (χ3v) is 4.21. The van der Waals surface area contributed by atoms with Gasteiger partial charge in [-0.25, -0.2) is 0 Å². The maximum Gasteiger partial charge on any atom is 0.0931 e. The van der Waals surface area contributed by atoms with Crippen molar-refractivity contribution in [2.45, 2.75) is 25.6 Å². The maximum atomic E-state index is 6.12. The van der Waals surface area contributed by atoms with Crippen molar-refractivity contribution in [2.24, 2.45) is 5.73 Å². The Bertz CT molecular complexity index is 512. The van der Waals surface area contributed by atoms with E-state index < -0.39 is 0 Å². The summed E-state index contributed by atoms with van der Waals surface area (Å²) >= 11 is 7.57. The van der Waals surface area contributed by atoms with Crippen molar-refractivity contribution < 1.29 is 0 Å². The average molecular weight is 296 g/mol. The number of nitrogens with zero attached hydrogens (tertiary/aromatic N) is 2. The van der Waals surface area contributed by atoms with Gasteiger partial charge in [-0.2, -0.15) is 0 Å². The molecule has 0 aliphatic rings. The van der Waals surface area contributed by atoms with Gasteiger partial charge in [0.2, 0.25) is 0 Å². The first-order chi connectivity index (χ1) is 9.08. The Morgan fingerprint density at radius 1 is 1.37 bits per heavy atom. The Morgan fingerprint density at radius 2 is 2.16 bits per heavy atom. The van der Waals surface area contributed by atoms with Gasteiger partial charge in [-0.3, -0.25) is 9.88 Å². The molecule has 2 aromatic rings. The first-order valence-electron chi connectivity index (χ1n) is 6.19. The number of nitrogens with two attached hydrogens (primary N) is 1. The van der Waals surface area contributed by atoms with E-state index in [9.17, 15) is 0 Å². The van der Waals surface area contributed by atoms with Crippen LogP contribution in [0.1, 0.15) is 23.5 Å². The van der Waals surface area contributed by atoms with Gasteiger partial charge >= 0.3 is 0 Å². The molecule has 2 N–H and O–H groups in total. The van der Waals surface area contributed by atoms with Crippen LogP contribution in [-0.2, 0) is 6.54 Å². The highest BCUT2D eigenvalue weighted by Gasteiger charge is 2.22. The van der Waals surface area contributed by atoms with E-state index in [1.807, 2.05) is 31.2 Å². The molecular formula is C14H18ClN3S. The fraction of sp³-hybridized carbons (Fsp3) is 0.357. The van der Waals surface area contributed by atoms with Crippen LogP contribution in [0, 0.1) is 0 Å². The monoisotopic (exact) mass is 295 g/mol. The highest BCUT2D eigenvalue weighted by Crippen LogP contribution is 2.26. The summed E-state index contributed by atoms with van der Waals surface area (Å²) in [5.74, 6) is 0. The lowest BCUT2D eigenvalue weighted by Gasteiger charge is -2.30. The van der Waals surface area contributed by atoms with Crippen LogP contribution in [0.2, 0.25) is 4.34 Å². The Morgan fingerprint density at radius 3 is 2.68 bits per heavy atom. The molecule has 19 heavy (non-hydrogen) atoms. The topological polar surface area (TPSA) is 42.1 Å². The number of pyridine rings is 1. The van der Waals surface area contributed by atoms with Crippen LogP contribution in [0.25, 0.3) is 0 Å². The van der Waals surface area contributed by atoms with Crippen molar-refractivity contribution in [1.29, 1.82) is 0 Å². The minimum absolute atomic E-state index is 0.00957. The molecule has 0 amide bonds. The second-order valence-corrected chi connectivity index (χ2v) is 6.48. The van der Waals surface area contributed by atoms with Gasteiger partial charge < -0.3 is 5.73 Å². The van der Waals surface area contributed by atoms with Crippen LogP contribution < -0.4 is 5.73 Å². The van der Waals surface area contributed by atoms with Gasteiger partial charge in [-0.1, -0.05) is 17.7 Å². The number of rotatable bonds is 5. The summed E-state index contributed by atoms with van der Waals surface area (Å²) in [5.41, 5.74) is 7.13. The van der Waals surface area contributed by atoms with Gasteiger partial charge in [-0.05, 0) is 38.2 Å². The van der Waals surface area contributed by atoms with E-state index in [-0.39, 0.29) is 12.1 Å². The fourth-order valence-electron chi connectivity index (χ4n) is 2.23. The van der Waals surface area contributed by atoms with Gasteiger partial charge in [0, 0.05) is 23.7 Å². The van der Waals surface area contributed by atoms with E-state index in [1.165, 1.54) is 4.88 Å². The molecule has 5 heteroatoms. The lowest BCUT2D eigenvalue weighted by molar-refractivity contribution is 0.208. The summed E-state index contributed by atoms with van der Waals surface area (Å²) in [5, 5.41) is 0. The maximum absolute atomic E-state index is 6.12. The molecule has 2 heterocycles. The van der Waals surface area contributed by atoms with Crippen LogP contribution >= 0.6 is 22.9 Å². The molecule has 102 valence electrons. The van der Waals surface area contributed by atoms with Gasteiger partial charge in [0.05, 0.1) is 16.1 Å². The Hall–Kier alpha value is -0.940. The standard InChI is InChI=1S/C14H18ClN3S/c1-10(16)14(12-5-3-4-8-17-12)18(2)9-11-6-7-13(15)19-11/h3-8,10,14H,9,16H2,1-2H3. The smallest absolute Gasteiger partial charge is 0.0931 e. The zero-order chi connectivity index (χ0) is 13.8. The molecule has 3 nitrogen and oxygen atoms in total. The SMILES string of the molecule is CC(N)C(c1ccccn1)N(C)Cc1ccc(Cl)s1. The van der Waals surface area contributed by atoms with Crippen molar-refractivity contribution >= 4 is 22.9 Å². The zero-order valence-electron chi connectivity index (χ0n) is 11.1. The third kappa shape index (κ3) is 3.76. The number of hydrogen-bond donors (Lipinski definition) is 1. The van der Waals surface area contributed by atoms with E-state index in [0.29, 0.717) is 0 Å². The predicted octanol–water partition coefficient (Wildman–Crippen LogP) is 3.32. The molecule has 2 unspecified atom stereocenters. The Kier molecular flexibility index (Phi) is 4.93. The highest BCUT2D eigenvalue weighted by atomic mass is 35.5. The largest absolute Gasteiger partial charge is 0.326 e. The van der Waals surface area contributed by atoms with Gasteiger partial charge in [0.25, 0.3) is 0 Å². The fourth-order valence-corrected chi connectivity index (χ4v) is 3.38. The number of likely N-dealkylation sites (N-methyl/N-ethyl adjacent to an activating group) is 1. The molecule has 0 bridgehead atoms. The van der Waals surface area contributed by atoms with E-state index >= 15 is 0 Å². The van der Waals surface area contributed by atoms with Gasteiger partial charge in [0.1, 0.15) is 0 Å². The van der Waals surface area contributed by atoms with Crippen molar-refractivity contribution in [3.63, 3.8) is 0 Å². The molecule has 0 aliphatic carbocycles. The highest BCUT2D eigenvalue weighted by molar-refractivity contribution is 7.16. The van der Waals surface area contributed by atoms with Crippen LogP contribution in [-0.4, -0.2) is 23.0 Å². The Balaban J connectivity index is 2.15. The molecular weight excluding hydrogens is 278 g/mol. The number of aromatic nitrogens is 1. The van der Waals surface area contributed by atoms with Crippen LogP contribution in [0.15, 0.2) is 36.5 Å². The second kappa shape index (κ2) is 6.48. The first kappa shape index (κ1) is 14.5. The molecule has 0 radical (unpaired) electrons. The predicted molar refractivity (Wildman–Crippen MR) is 81.4 cm³/mol. The molecule has 0 aromatic carbocycles. The molecule has 0 saturated heterocycles. The van der Waals surface area contributed by atoms with E-state index in [4.69, 9.17) is 17.3 Å². The van der Waals surface area contributed by atoms with Gasteiger partial charge in [-0.15, -0.1) is 11.3 Å². The number of thiophene rings is 1. The number of halogens is 1. The quantitative estimate of drug-likeness (QED) is 0.920. The minimum atomic E-state index is 0.00957. The Labute approximate surface area is 123 Å². The summed E-state index contributed by atoms with van der Waals surface area (Å²) in [6.07, 6.45) is 1.81. The average Bonchev–Trinajstić information content (AvgIpc) is 2.75. The molecule has 2 aromatic heterocycles. The first-order valence-corrected chi connectivity index (χ1v) is 7.38. The summed E-state index contributed by atoms with van der Waals surface area (Å²) in [6, 6.07) is 10.0. The van der Waals surface area contributed by atoms with E-state index in [1.54, 1.807) is 17.5 Å². The van der Waals surface area contributed by atoms with E-state index in [0.717, 1.165) is 16.6 Å². The summed E-state index contributed by atoms with van der Waals surface area (Å²) in [4.78, 5) is 7.87. The van der Waals surface area contributed by atoms with Crippen LogP contribution in [0.3, 0.4) is 0 Å². The molecule has 0 saturated carbocycles. The van der Waals surface area contributed by atoms with Crippen LogP contribution in [0.5, 0.6) is 0 Å². The molecule has 0 spiro atoms. The van der Waals surface area contributed by atoms with Crippen molar-refractivity contribution in [3.8, 4) is 0 Å². The zero-order valence-corrected chi connectivity index (χ0v) is 12.7. The van der Waals surface area contributed by atoms with E-state index in [2.05, 4.69) is 23.0 Å². The summed E-state index contributed by atoms with van der Waals surface area (Å²) in [7, 11) is 2.07. The third-order valence-electron chi connectivity index (χ3n) is 3.00. The van der Waals surface area contributed by atoms with Crippen molar-refractivity contribution in [2.75, 3.05) is 7.05 Å². The molecule has 2 atom stereocenters. The van der Waals surface area contributed by atoms with Crippen LogP contribution in [0.4, 0.5) is 0 Å². The summed E-state index contributed by atoms with van der Waals surface area (Å²) < 4.78 is 0.818. The molecule has 0 fully saturated rings. The lowest BCUT2D eigenvalue weighted by atomic mass is 10.0. The molecule has 0 aliphatic heterocycles. The minimum Gasteiger partial charge on any atom is -0.326 e. The molecule has 2 rings (SSSR count). The lowest BCUT2D eigenvalue weighted by Crippen LogP contribution is -2.37. The normalized spacial score (nSPS) is 14.6. The van der Waals surface area contributed by atoms with Crippen molar-refractivity contribution in [1.82, 2.24) is 9.88 Å². The summed E-state index contributed by atoms with van der Waals surface area (Å²) in [6.45, 7) is 2.83. The van der Waals surface area contributed by atoms with Crippen molar-refractivity contribution in [3.05, 3.63) is 51.4 Å². The number of hydrogen-bond acceptors (Lipinski definition) is 4. The van der Waals surface area contributed by atoms with Gasteiger partial charge in [0.15, 0.2) is 0 Å². The second-order valence-electron chi connectivity index (χ2n) is 4.68.